The van der Waals surface area contributed by atoms with Crippen LogP contribution in [-0.2, 0) is 13.2 Å². The Bertz CT molecular complexity index is 879. The van der Waals surface area contributed by atoms with E-state index in [1.807, 2.05) is 12.1 Å². The van der Waals surface area contributed by atoms with Gasteiger partial charge in [-0.2, -0.15) is 0 Å². The SMILES string of the molecule is COc1cc(CNC23CC4CC(CC(C4)C2)C3)c(Cl)cc1OCc1ccc(F)cc1. The standard InChI is InChI=1S/C25H29ClFNO2/c1-29-23-9-20(14-28-25-11-17-6-18(12-25)8-19(7-17)13-25)22(26)10-24(23)30-15-16-2-4-21(27)5-3-16/h2-5,9-10,17-19,28H,6-8,11-15H2,1H3. The maximum atomic E-state index is 13.1. The van der Waals surface area contributed by atoms with Crippen LogP contribution in [0.4, 0.5) is 4.39 Å². The van der Waals surface area contributed by atoms with Crippen LogP contribution >= 0.6 is 11.6 Å². The molecule has 160 valence electrons. The zero-order valence-corrected chi connectivity index (χ0v) is 18.2. The summed E-state index contributed by atoms with van der Waals surface area (Å²) in [4.78, 5) is 0. The second kappa shape index (κ2) is 8.05. The van der Waals surface area contributed by atoms with Crippen LogP contribution in [0, 0.1) is 23.6 Å². The molecule has 2 aromatic rings. The van der Waals surface area contributed by atoms with E-state index in [0.717, 1.165) is 35.4 Å². The van der Waals surface area contributed by atoms with Crippen LogP contribution in [0.5, 0.6) is 11.5 Å². The molecule has 0 unspecified atom stereocenters. The lowest BCUT2D eigenvalue weighted by atomic mass is 9.53. The number of halogens is 2. The van der Waals surface area contributed by atoms with Crippen LogP contribution in [0.15, 0.2) is 36.4 Å². The molecule has 30 heavy (non-hydrogen) atoms. The highest BCUT2D eigenvalue weighted by atomic mass is 35.5. The van der Waals surface area contributed by atoms with Crippen molar-refractivity contribution in [1.29, 1.82) is 0 Å². The summed E-state index contributed by atoms with van der Waals surface area (Å²) in [5, 5.41) is 4.58. The van der Waals surface area contributed by atoms with Gasteiger partial charge in [-0.3, -0.25) is 0 Å². The van der Waals surface area contributed by atoms with Crippen LogP contribution in [0.2, 0.25) is 5.02 Å². The lowest BCUT2D eigenvalue weighted by molar-refractivity contribution is -0.0206. The van der Waals surface area contributed by atoms with Crippen molar-refractivity contribution in [2.75, 3.05) is 7.11 Å². The molecule has 4 saturated carbocycles. The van der Waals surface area contributed by atoms with Crippen molar-refractivity contribution in [3.05, 3.63) is 58.4 Å². The number of benzene rings is 2. The van der Waals surface area contributed by atoms with E-state index in [9.17, 15) is 4.39 Å². The van der Waals surface area contributed by atoms with Gasteiger partial charge >= 0.3 is 0 Å². The van der Waals surface area contributed by atoms with Crippen molar-refractivity contribution in [3.8, 4) is 11.5 Å². The smallest absolute Gasteiger partial charge is 0.163 e. The summed E-state index contributed by atoms with van der Waals surface area (Å²) in [6.07, 6.45) is 8.26. The summed E-state index contributed by atoms with van der Waals surface area (Å²) >= 11 is 6.62. The lowest BCUT2D eigenvalue weighted by Gasteiger charge is -2.57. The summed E-state index contributed by atoms with van der Waals surface area (Å²) in [5.74, 6) is 3.76. The van der Waals surface area contributed by atoms with E-state index in [1.54, 1.807) is 19.2 Å². The number of methoxy groups -OCH3 is 1. The van der Waals surface area contributed by atoms with Gasteiger partial charge in [0.25, 0.3) is 0 Å². The van der Waals surface area contributed by atoms with Gasteiger partial charge in [0.1, 0.15) is 12.4 Å². The first-order chi connectivity index (χ1) is 14.5. The fourth-order valence-electron chi connectivity index (χ4n) is 6.34. The fraction of sp³-hybridized carbons (Fsp3) is 0.520. The molecule has 4 fully saturated rings. The maximum absolute atomic E-state index is 13.1. The Hall–Kier alpha value is -1.78. The number of rotatable bonds is 7. The van der Waals surface area contributed by atoms with Gasteiger partial charge in [-0.15, -0.1) is 0 Å². The minimum atomic E-state index is -0.254. The number of hydrogen-bond acceptors (Lipinski definition) is 3. The molecule has 3 nitrogen and oxygen atoms in total. The summed E-state index contributed by atoms with van der Waals surface area (Å²) in [6, 6.07) is 10.1. The molecule has 5 heteroatoms. The van der Waals surface area contributed by atoms with Gasteiger partial charge in [-0.25, -0.2) is 4.39 Å². The molecule has 4 aliphatic rings. The van der Waals surface area contributed by atoms with Crippen LogP contribution in [0.3, 0.4) is 0 Å². The Kier molecular flexibility index (Phi) is 5.40. The molecule has 4 bridgehead atoms. The van der Waals surface area contributed by atoms with Gasteiger partial charge in [0, 0.05) is 23.2 Å². The van der Waals surface area contributed by atoms with Crippen molar-refractivity contribution in [1.82, 2.24) is 5.32 Å². The topological polar surface area (TPSA) is 30.5 Å². The molecule has 1 N–H and O–H groups in total. The molecule has 0 heterocycles. The largest absolute Gasteiger partial charge is 0.493 e. The van der Waals surface area contributed by atoms with E-state index in [2.05, 4.69) is 5.32 Å². The highest BCUT2D eigenvalue weighted by Gasteiger charge is 2.50. The molecular formula is C25H29ClFNO2. The van der Waals surface area contributed by atoms with Gasteiger partial charge in [-0.1, -0.05) is 23.7 Å². The van der Waals surface area contributed by atoms with Crippen LogP contribution < -0.4 is 14.8 Å². The molecule has 0 aromatic heterocycles. The van der Waals surface area contributed by atoms with Crippen molar-refractivity contribution < 1.29 is 13.9 Å². The molecule has 0 amide bonds. The quantitative estimate of drug-likeness (QED) is 0.574. The maximum Gasteiger partial charge on any atom is 0.163 e. The first-order valence-electron chi connectivity index (χ1n) is 11.0. The minimum absolute atomic E-state index is 0.254. The predicted molar refractivity (Wildman–Crippen MR) is 116 cm³/mol. The summed E-state index contributed by atoms with van der Waals surface area (Å²) in [7, 11) is 1.64. The first kappa shape index (κ1) is 20.1. The zero-order chi connectivity index (χ0) is 20.7. The molecule has 0 spiro atoms. The van der Waals surface area contributed by atoms with E-state index in [4.69, 9.17) is 21.1 Å². The monoisotopic (exact) mass is 429 g/mol. The lowest BCUT2D eigenvalue weighted by Crippen LogP contribution is -2.58. The normalized spacial score (nSPS) is 29.2. The first-order valence-corrected chi connectivity index (χ1v) is 11.4. The van der Waals surface area contributed by atoms with Crippen molar-refractivity contribution >= 4 is 11.6 Å². The predicted octanol–water partition coefficient (Wildman–Crippen LogP) is 6.13. The van der Waals surface area contributed by atoms with E-state index >= 15 is 0 Å². The second-order valence-electron chi connectivity index (χ2n) is 9.56. The van der Waals surface area contributed by atoms with Crippen LogP contribution in [-0.4, -0.2) is 12.6 Å². The van der Waals surface area contributed by atoms with Gasteiger partial charge in [0.15, 0.2) is 11.5 Å². The average molecular weight is 430 g/mol. The van der Waals surface area contributed by atoms with Crippen molar-refractivity contribution in [2.45, 2.75) is 57.2 Å². The molecule has 0 saturated heterocycles. The minimum Gasteiger partial charge on any atom is -0.493 e. The van der Waals surface area contributed by atoms with Gasteiger partial charge < -0.3 is 14.8 Å². The van der Waals surface area contributed by atoms with Crippen molar-refractivity contribution in [2.24, 2.45) is 17.8 Å². The van der Waals surface area contributed by atoms with Gasteiger partial charge in [0.2, 0.25) is 0 Å². The average Bonchev–Trinajstić information content (AvgIpc) is 2.71. The Morgan fingerprint density at radius 2 is 1.63 bits per heavy atom. The molecule has 6 rings (SSSR count). The zero-order valence-electron chi connectivity index (χ0n) is 17.4. The summed E-state index contributed by atoms with van der Waals surface area (Å²) in [5.41, 5.74) is 2.23. The van der Waals surface area contributed by atoms with E-state index in [-0.39, 0.29) is 5.82 Å². The Morgan fingerprint density at radius 3 is 2.23 bits per heavy atom. The van der Waals surface area contributed by atoms with Gasteiger partial charge in [0.05, 0.1) is 7.11 Å². The van der Waals surface area contributed by atoms with E-state index in [1.165, 1.54) is 50.7 Å². The second-order valence-corrected chi connectivity index (χ2v) is 9.97. The third kappa shape index (κ3) is 4.04. The van der Waals surface area contributed by atoms with E-state index < -0.39 is 0 Å². The molecule has 2 aromatic carbocycles. The summed E-state index contributed by atoms with van der Waals surface area (Å²) in [6.45, 7) is 1.08. The molecule has 0 radical (unpaired) electrons. The third-order valence-corrected chi connectivity index (χ3v) is 7.68. The number of ether oxygens (including phenoxy) is 2. The fourth-order valence-corrected chi connectivity index (χ4v) is 6.56. The van der Waals surface area contributed by atoms with Crippen LogP contribution in [0.25, 0.3) is 0 Å². The Balaban J connectivity index is 1.27. The molecule has 0 atom stereocenters. The van der Waals surface area contributed by atoms with Gasteiger partial charge in [-0.05, 0) is 85.6 Å². The Morgan fingerprint density at radius 1 is 1.00 bits per heavy atom. The Labute approximate surface area is 182 Å². The van der Waals surface area contributed by atoms with E-state index in [0.29, 0.717) is 28.7 Å². The van der Waals surface area contributed by atoms with Crippen LogP contribution in [0.1, 0.15) is 49.7 Å². The highest BCUT2D eigenvalue weighted by Crippen LogP contribution is 2.55. The summed E-state index contributed by atoms with van der Waals surface area (Å²) < 4.78 is 24.6. The number of nitrogens with one attached hydrogen (secondary N) is 1. The molecule has 0 aliphatic heterocycles. The third-order valence-electron chi connectivity index (χ3n) is 7.33. The molecule has 4 aliphatic carbocycles. The molecular weight excluding hydrogens is 401 g/mol. The highest BCUT2D eigenvalue weighted by molar-refractivity contribution is 6.31. The number of hydrogen-bond donors (Lipinski definition) is 1. The van der Waals surface area contributed by atoms with Crippen molar-refractivity contribution in [3.63, 3.8) is 0 Å².